The van der Waals surface area contributed by atoms with E-state index in [1.165, 1.54) is 20.5 Å². The number of carbonyl (C=O) groups excluding carboxylic acids is 1. The number of hydrogen-bond acceptors (Lipinski definition) is 4. The first-order valence-corrected chi connectivity index (χ1v) is 4.57. The maximum Gasteiger partial charge on any atom is 0.254 e. The molecule has 1 amide bonds. The summed E-state index contributed by atoms with van der Waals surface area (Å²) >= 11 is 0. The van der Waals surface area contributed by atoms with Crippen LogP contribution in [0.2, 0.25) is 0 Å². The SMILES string of the molecule is COC(CNC(=O)c1ccoc1C)OC. The molecule has 0 aliphatic rings. The van der Waals surface area contributed by atoms with Crippen molar-refractivity contribution in [2.24, 2.45) is 0 Å². The second kappa shape index (κ2) is 5.53. The topological polar surface area (TPSA) is 60.7 Å². The van der Waals surface area contributed by atoms with Crippen LogP contribution in [0.4, 0.5) is 0 Å². The Kier molecular flexibility index (Phi) is 4.33. The van der Waals surface area contributed by atoms with Gasteiger partial charge < -0.3 is 19.2 Å². The Hall–Kier alpha value is -1.33. The van der Waals surface area contributed by atoms with Gasteiger partial charge in [-0.05, 0) is 13.0 Å². The van der Waals surface area contributed by atoms with Crippen LogP contribution in [-0.2, 0) is 9.47 Å². The van der Waals surface area contributed by atoms with E-state index in [-0.39, 0.29) is 5.91 Å². The summed E-state index contributed by atoms with van der Waals surface area (Å²) in [7, 11) is 3.03. The highest BCUT2D eigenvalue weighted by Gasteiger charge is 2.13. The van der Waals surface area contributed by atoms with Gasteiger partial charge in [0, 0.05) is 14.2 Å². The summed E-state index contributed by atoms with van der Waals surface area (Å²) in [6.07, 6.45) is 1.05. The molecule has 1 heterocycles. The van der Waals surface area contributed by atoms with E-state index in [9.17, 15) is 4.79 Å². The molecule has 1 aromatic heterocycles. The fraction of sp³-hybridized carbons (Fsp3) is 0.500. The zero-order valence-corrected chi connectivity index (χ0v) is 9.07. The van der Waals surface area contributed by atoms with E-state index in [1.54, 1.807) is 13.0 Å². The lowest BCUT2D eigenvalue weighted by atomic mass is 10.2. The number of furan rings is 1. The first kappa shape index (κ1) is 11.7. The zero-order valence-electron chi connectivity index (χ0n) is 9.07. The Labute approximate surface area is 88.4 Å². The van der Waals surface area contributed by atoms with Gasteiger partial charge in [0.2, 0.25) is 0 Å². The standard InChI is InChI=1S/C10H15NO4/c1-7-8(4-5-15-7)10(12)11-6-9(13-2)14-3/h4-5,9H,6H2,1-3H3,(H,11,12). The molecule has 0 spiro atoms. The average molecular weight is 213 g/mol. The molecule has 84 valence electrons. The lowest BCUT2D eigenvalue weighted by molar-refractivity contribution is -0.0974. The molecule has 0 bridgehead atoms. The fourth-order valence-electron chi connectivity index (χ4n) is 1.15. The Morgan fingerprint density at radius 3 is 2.67 bits per heavy atom. The number of rotatable bonds is 5. The van der Waals surface area contributed by atoms with Gasteiger partial charge in [-0.15, -0.1) is 0 Å². The Bertz CT molecular complexity index is 317. The summed E-state index contributed by atoms with van der Waals surface area (Å²) < 4.78 is 14.9. The highest BCUT2D eigenvalue weighted by atomic mass is 16.7. The normalized spacial score (nSPS) is 10.7. The minimum atomic E-state index is -0.429. The molecule has 1 N–H and O–H groups in total. The van der Waals surface area contributed by atoms with Crippen LogP contribution in [0.5, 0.6) is 0 Å². The highest BCUT2D eigenvalue weighted by molar-refractivity contribution is 5.94. The summed E-state index contributed by atoms with van der Waals surface area (Å²) in [6, 6.07) is 1.62. The number of ether oxygens (including phenoxy) is 2. The van der Waals surface area contributed by atoms with Crippen molar-refractivity contribution in [3.63, 3.8) is 0 Å². The van der Waals surface area contributed by atoms with Gasteiger partial charge in [-0.2, -0.15) is 0 Å². The molecular formula is C10H15NO4. The number of carbonyl (C=O) groups is 1. The summed E-state index contributed by atoms with van der Waals surface area (Å²) in [6.45, 7) is 2.04. The van der Waals surface area contributed by atoms with Crippen molar-refractivity contribution in [3.8, 4) is 0 Å². The number of aryl methyl sites for hydroxylation is 1. The van der Waals surface area contributed by atoms with Gasteiger partial charge in [-0.3, -0.25) is 4.79 Å². The van der Waals surface area contributed by atoms with E-state index in [4.69, 9.17) is 13.9 Å². The van der Waals surface area contributed by atoms with E-state index in [0.29, 0.717) is 17.9 Å². The molecule has 0 aliphatic carbocycles. The van der Waals surface area contributed by atoms with Crippen LogP contribution < -0.4 is 5.32 Å². The molecule has 0 unspecified atom stereocenters. The molecule has 1 rings (SSSR count). The Morgan fingerprint density at radius 1 is 1.53 bits per heavy atom. The first-order valence-electron chi connectivity index (χ1n) is 4.57. The van der Waals surface area contributed by atoms with Crippen LogP contribution >= 0.6 is 0 Å². The molecule has 0 saturated heterocycles. The molecule has 0 aromatic carbocycles. The lowest BCUT2D eigenvalue weighted by Crippen LogP contribution is -2.34. The van der Waals surface area contributed by atoms with Crippen molar-refractivity contribution < 1.29 is 18.7 Å². The fourth-order valence-corrected chi connectivity index (χ4v) is 1.15. The quantitative estimate of drug-likeness (QED) is 0.739. The zero-order chi connectivity index (χ0) is 11.3. The van der Waals surface area contributed by atoms with Crippen LogP contribution in [0.3, 0.4) is 0 Å². The molecule has 0 radical (unpaired) electrons. The maximum atomic E-state index is 11.6. The third kappa shape index (κ3) is 3.07. The van der Waals surface area contributed by atoms with E-state index < -0.39 is 6.29 Å². The molecule has 0 saturated carbocycles. The van der Waals surface area contributed by atoms with Crippen molar-refractivity contribution in [1.29, 1.82) is 0 Å². The van der Waals surface area contributed by atoms with Crippen molar-refractivity contribution in [3.05, 3.63) is 23.7 Å². The van der Waals surface area contributed by atoms with E-state index in [0.717, 1.165) is 0 Å². The Morgan fingerprint density at radius 2 is 2.20 bits per heavy atom. The summed E-state index contributed by atoms with van der Waals surface area (Å²) in [5.41, 5.74) is 0.529. The molecule has 5 heteroatoms. The van der Waals surface area contributed by atoms with Crippen LogP contribution in [-0.4, -0.2) is 33.0 Å². The van der Waals surface area contributed by atoms with Crippen LogP contribution in [0.1, 0.15) is 16.1 Å². The molecule has 5 nitrogen and oxygen atoms in total. The third-order valence-electron chi connectivity index (χ3n) is 2.06. The van der Waals surface area contributed by atoms with Gasteiger partial charge in [0.1, 0.15) is 5.76 Å². The van der Waals surface area contributed by atoms with Gasteiger partial charge >= 0.3 is 0 Å². The number of methoxy groups -OCH3 is 2. The summed E-state index contributed by atoms with van der Waals surface area (Å²) in [5.74, 6) is 0.402. The molecule has 15 heavy (non-hydrogen) atoms. The van der Waals surface area contributed by atoms with E-state index in [2.05, 4.69) is 5.32 Å². The molecular weight excluding hydrogens is 198 g/mol. The lowest BCUT2D eigenvalue weighted by Gasteiger charge is -2.13. The Balaban J connectivity index is 2.47. The predicted octanol–water partition coefficient (Wildman–Crippen LogP) is 0.937. The van der Waals surface area contributed by atoms with Crippen LogP contribution in [0.15, 0.2) is 16.7 Å². The van der Waals surface area contributed by atoms with E-state index >= 15 is 0 Å². The molecule has 0 fully saturated rings. The minimum absolute atomic E-state index is 0.194. The maximum absolute atomic E-state index is 11.6. The van der Waals surface area contributed by atoms with Gasteiger partial charge in [0.25, 0.3) is 5.91 Å². The van der Waals surface area contributed by atoms with Crippen LogP contribution in [0, 0.1) is 6.92 Å². The molecule has 0 aliphatic heterocycles. The molecule has 0 atom stereocenters. The van der Waals surface area contributed by atoms with Crippen LogP contribution in [0.25, 0.3) is 0 Å². The number of amides is 1. The number of nitrogens with one attached hydrogen (secondary N) is 1. The second-order valence-corrected chi connectivity index (χ2v) is 3.00. The minimum Gasteiger partial charge on any atom is -0.469 e. The van der Waals surface area contributed by atoms with Crippen molar-refractivity contribution in [2.45, 2.75) is 13.2 Å². The average Bonchev–Trinajstić information content (AvgIpc) is 2.66. The smallest absolute Gasteiger partial charge is 0.254 e. The monoisotopic (exact) mass is 213 g/mol. The second-order valence-electron chi connectivity index (χ2n) is 3.00. The number of hydrogen-bond donors (Lipinski definition) is 1. The third-order valence-corrected chi connectivity index (χ3v) is 2.06. The van der Waals surface area contributed by atoms with Crippen molar-refractivity contribution in [2.75, 3.05) is 20.8 Å². The van der Waals surface area contributed by atoms with Crippen molar-refractivity contribution in [1.82, 2.24) is 5.32 Å². The summed E-state index contributed by atoms with van der Waals surface area (Å²) in [4.78, 5) is 11.6. The van der Waals surface area contributed by atoms with Gasteiger partial charge in [-0.1, -0.05) is 0 Å². The van der Waals surface area contributed by atoms with Gasteiger partial charge in [0.15, 0.2) is 6.29 Å². The van der Waals surface area contributed by atoms with Gasteiger partial charge in [0.05, 0.1) is 18.4 Å². The highest BCUT2D eigenvalue weighted by Crippen LogP contribution is 2.07. The summed E-state index contributed by atoms with van der Waals surface area (Å²) in [5, 5.41) is 2.68. The predicted molar refractivity (Wildman–Crippen MR) is 53.6 cm³/mol. The van der Waals surface area contributed by atoms with Crippen molar-refractivity contribution >= 4 is 5.91 Å². The van der Waals surface area contributed by atoms with E-state index in [1.807, 2.05) is 0 Å². The first-order chi connectivity index (χ1) is 7.19. The van der Waals surface area contributed by atoms with Gasteiger partial charge in [-0.25, -0.2) is 0 Å². The largest absolute Gasteiger partial charge is 0.469 e. The molecule has 1 aromatic rings.